The summed E-state index contributed by atoms with van der Waals surface area (Å²) in [6.45, 7) is 0. The first kappa shape index (κ1) is 16.6. The molecule has 118 valence electrons. The molecule has 1 saturated heterocycles. The Labute approximate surface area is 136 Å². The number of benzene rings is 1. The van der Waals surface area contributed by atoms with Crippen molar-refractivity contribution in [2.75, 3.05) is 0 Å². The Morgan fingerprint density at radius 1 is 1.36 bits per heavy atom. The third-order valence-corrected chi connectivity index (χ3v) is 4.10. The first-order chi connectivity index (χ1) is 10.4. The molecule has 8 heteroatoms. The van der Waals surface area contributed by atoms with Gasteiger partial charge in [0.05, 0.1) is 0 Å². The van der Waals surface area contributed by atoms with E-state index < -0.39 is 24.0 Å². The molecule has 0 spiro atoms. The zero-order valence-corrected chi connectivity index (χ0v) is 12.9. The average molecular weight is 345 g/mol. The zero-order chi connectivity index (χ0) is 16.3. The Bertz CT molecular complexity index is 601. The maximum Gasteiger partial charge on any atom is 0.326 e. The standard InChI is InChI=1S/C14H14Cl2N2O4/c15-8-2-1-3-9(16)7(8)6-11(14(21)22)18-13(20)10-4-5-12(19)17-10/h1-3,10-11H,4-6H2,(H,17,19)(H,18,20)(H,21,22)/t10-,11-/m0/s1. The van der Waals surface area contributed by atoms with Crippen molar-refractivity contribution in [2.24, 2.45) is 0 Å². The van der Waals surface area contributed by atoms with Gasteiger partial charge in [0.2, 0.25) is 11.8 Å². The number of amides is 2. The van der Waals surface area contributed by atoms with Gasteiger partial charge in [-0.15, -0.1) is 0 Å². The molecule has 0 unspecified atom stereocenters. The molecule has 2 amide bonds. The highest BCUT2D eigenvalue weighted by molar-refractivity contribution is 6.36. The van der Waals surface area contributed by atoms with Gasteiger partial charge in [0.25, 0.3) is 0 Å². The van der Waals surface area contributed by atoms with Crippen LogP contribution in [0.25, 0.3) is 0 Å². The van der Waals surface area contributed by atoms with Crippen molar-refractivity contribution >= 4 is 41.0 Å². The molecule has 0 aliphatic carbocycles. The van der Waals surface area contributed by atoms with Crippen LogP contribution in [0.15, 0.2) is 18.2 Å². The van der Waals surface area contributed by atoms with Crippen molar-refractivity contribution in [3.63, 3.8) is 0 Å². The van der Waals surface area contributed by atoms with Gasteiger partial charge in [0.15, 0.2) is 0 Å². The molecule has 0 radical (unpaired) electrons. The molecular weight excluding hydrogens is 331 g/mol. The Kier molecular flexibility index (Phi) is 5.26. The lowest BCUT2D eigenvalue weighted by atomic mass is 10.0. The smallest absolute Gasteiger partial charge is 0.326 e. The van der Waals surface area contributed by atoms with Crippen LogP contribution in [0.2, 0.25) is 10.0 Å². The normalized spacial score (nSPS) is 18.6. The molecule has 1 fully saturated rings. The van der Waals surface area contributed by atoms with Crippen LogP contribution in [0.5, 0.6) is 0 Å². The molecule has 0 saturated carbocycles. The molecular formula is C14H14Cl2N2O4. The highest BCUT2D eigenvalue weighted by atomic mass is 35.5. The fourth-order valence-corrected chi connectivity index (χ4v) is 2.77. The van der Waals surface area contributed by atoms with Crippen molar-refractivity contribution in [1.82, 2.24) is 10.6 Å². The van der Waals surface area contributed by atoms with E-state index in [1.165, 1.54) is 0 Å². The first-order valence-corrected chi connectivity index (χ1v) is 7.39. The molecule has 6 nitrogen and oxygen atoms in total. The summed E-state index contributed by atoms with van der Waals surface area (Å²) in [5, 5.41) is 14.8. The van der Waals surface area contributed by atoms with E-state index in [1.54, 1.807) is 18.2 Å². The number of carbonyl (C=O) groups excluding carboxylic acids is 2. The summed E-state index contributed by atoms with van der Waals surface area (Å²) in [4.78, 5) is 34.5. The topological polar surface area (TPSA) is 95.5 Å². The molecule has 3 N–H and O–H groups in total. The molecule has 2 atom stereocenters. The van der Waals surface area contributed by atoms with Crippen LogP contribution in [-0.4, -0.2) is 35.0 Å². The van der Waals surface area contributed by atoms with Crippen LogP contribution >= 0.6 is 23.2 Å². The van der Waals surface area contributed by atoms with Crippen molar-refractivity contribution in [3.05, 3.63) is 33.8 Å². The summed E-state index contributed by atoms with van der Waals surface area (Å²) in [6, 6.07) is 2.97. The highest BCUT2D eigenvalue weighted by Crippen LogP contribution is 2.25. The summed E-state index contributed by atoms with van der Waals surface area (Å²) in [5.41, 5.74) is 0.453. The number of nitrogens with one attached hydrogen (secondary N) is 2. The van der Waals surface area contributed by atoms with Crippen LogP contribution < -0.4 is 10.6 Å². The van der Waals surface area contributed by atoms with Crippen molar-refractivity contribution in [2.45, 2.75) is 31.3 Å². The second-order valence-corrected chi connectivity index (χ2v) is 5.78. The number of hydrogen-bond acceptors (Lipinski definition) is 3. The minimum Gasteiger partial charge on any atom is -0.480 e. The summed E-state index contributed by atoms with van der Waals surface area (Å²) in [6.07, 6.45) is 0.566. The van der Waals surface area contributed by atoms with Crippen molar-refractivity contribution in [3.8, 4) is 0 Å². The van der Waals surface area contributed by atoms with Gasteiger partial charge < -0.3 is 15.7 Å². The lowest BCUT2D eigenvalue weighted by molar-refractivity contribution is -0.142. The predicted octanol–water partition coefficient (Wildman–Crippen LogP) is 1.38. The summed E-state index contributed by atoms with van der Waals surface area (Å²) in [5.74, 6) is -1.95. The van der Waals surface area contributed by atoms with Gasteiger partial charge >= 0.3 is 5.97 Å². The fourth-order valence-electron chi connectivity index (χ4n) is 2.21. The largest absolute Gasteiger partial charge is 0.480 e. The van der Waals surface area contributed by atoms with E-state index in [1.807, 2.05) is 0 Å². The van der Waals surface area contributed by atoms with E-state index in [9.17, 15) is 19.5 Å². The van der Waals surface area contributed by atoms with Crippen LogP contribution in [0.3, 0.4) is 0 Å². The molecule has 1 aromatic carbocycles. The summed E-state index contributed by atoms with van der Waals surface area (Å²) in [7, 11) is 0. The highest BCUT2D eigenvalue weighted by Gasteiger charge is 2.31. The van der Waals surface area contributed by atoms with Gasteiger partial charge in [0, 0.05) is 22.9 Å². The lowest BCUT2D eigenvalue weighted by Gasteiger charge is -2.18. The minimum atomic E-state index is -1.20. The monoisotopic (exact) mass is 344 g/mol. The number of carbonyl (C=O) groups is 3. The second-order valence-electron chi connectivity index (χ2n) is 4.96. The van der Waals surface area contributed by atoms with Crippen molar-refractivity contribution in [1.29, 1.82) is 0 Å². The third-order valence-electron chi connectivity index (χ3n) is 3.40. The van der Waals surface area contributed by atoms with Crippen molar-refractivity contribution < 1.29 is 19.5 Å². The number of hydrogen-bond donors (Lipinski definition) is 3. The third kappa shape index (κ3) is 3.90. The lowest BCUT2D eigenvalue weighted by Crippen LogP contribution is -2.49. The van der Waals surface area contributed by atoms with E-state index in [4.69, 9.17) is 23.2 Å². The number of carboxylic acid groups (broad SMARTS) is 1. The molecule has 2 rings (SSSR count). The number of rotatable bonds is 5. The van der Waals surface area contributed by atoms with E-state index in [0.717, 1.165) is 0 Å². The van der Waals surface area contributed by atoms with Crippen LogP contribution in [-0.2, 0) is 20.8 Å². The minimum absolute atomic E-state index is 0.0414. The first-order valence-electron chi connectivity index (χ1n) is 6.64. The molecule has 0 bridgehead atoms. The Morgan fingerprint density at radius 2 is 2.00 bits per heavy atom. The van der Waals surface area contributed by atoms with Gasteiger partial charge in [-0.2, -0.15) is 0 Å². The van der Waals surface area contributed by atoms with E-state index >= 15 is 0 Å². The summed E-state index contributed by atoms with van der Waals surface area (Å²) >= 11 is 12.0. The van der Waals surface area contributed by atoms with E-state index in [-0.39, 0.29) is 18.7 Å². The predicted molar refractivity (Wildman–Crippen MR) is 80.9 cm³/mol. The zero-order valence-electron chi connectivity index (χ0n) is 11.4. The quantitative estimate of drug-likeness (QED) is 0.751. The molecule has 1 aromatic rings. The van der Waals surface area contributed by atoms with Gasteiger partial charge in [0.1, 0.15) is 12.1 Å². The molecule has 1 aliphatic heterocycles. The van der Waals surface area contributed by atoms with Gasteiger partial charge in [-0.3, -0.25) is 9.59 Å². The molecule has 22 heavy (non-hydrogen) atoms. The maximum absolute atomic E-state index is 12.0. The fraction of sp³-hybridized carbons (Fsp3) is 0.357. The summed E-state index contributed by atoms with van der Waals surface area (Å²) < 4.78 is 0. The molecule has 1 heterocycles. The molecule has 0 aromatic heterocycles. The SMILES string of the molecule is O=C1CC[C@@H](C(=O)N[C@@H](Cc2c(Cl)cccc2Cl)C(=O)O)N1. The van der Waals surface area contributed by atoms with Gasteiger partial charge in [-0.1, -0.05) is 29.3 Å². The van der Waals surface area contributed by atoms with Crippen LogP contribution in [0.4, 0.5) is 0 Å². The van der Waals surface area contributed by atoms with E-state index in [2.05, 4.69) is 10.6 Å². The Hall–Kier alpha value is -1.79. The van der Waals surface area contributed by atoms with Crippen LogP contribution in [0.1, 0.15) is 18.4 Å². The van der Waals surface area contributed by atoms with Gasteiger partial charge in [-0.05, 0) is 24.1 Å². The van der Waals surface area contributed by atoms with Crippen LogP contribution in [0, 0.1) is 0 Å². The maximum atomic E-state index is 12.0. The number of halogens is 2. The Morgan fingerprint density at radius 3 is 2.50 bits per heavy atom. The van der Waals surface area contributed by atoms with Gasteiger partial charge in [-0.25, -0.2) is 4.79 Å². The molecule has 1 aliphatic rings. The Balaban J connectivity index is 2.09. The number of carboxylic acids is 1. The van der Waals surface area contributed by atoms with E-state index in [0.29, 0.717) is 22.0 Å². The average Bonchev–Trinajstić information content (AvgIpc) is 2.88. The second kappa shape index (κ2) is 6.98. The number of aliphatic carboxylic acids is 1.